The lowest BCUT2D eigenvalue weighted by Gasteiger charge is -2.29. The third-order valence-electron chi connectivity index (χ3n) is 5.35. The van der Waals surface area contributed by atoms with Gasteiger partial charge in [-0.05, 0) is 38.0 Å². The molecule has 0 atom stereocenters. The maximum Gasteiger partial charge on any atom is 0.309 e. The Bertz CT molecular complexity index is 1120. The molecule has 152 valence electrons. The number of benzene rings is 1. The fourth-order valence-corrected chi connectivity index (χ4v) is 5.03. The summed E-state index contributed by atoms with van der Waals surface area (Å²) < 4.78 is 38.0. The molecule has 0 radical (unpaired) electrons. The number of nitrogens with zero attached hydrogens (tertiary/aromatic N) is 2. The van der Waals surface area contributed by atoms with Crippen molar-refractivity contribution in [2.24, 2.45) is 5.92 Å². The fourth-order valence-electron chi connectivity index (χ4n) is 3.60. The van der Waals surface area contributed by atoms with Gasteiger partial charge in [-0.25, -0.2) is 8.42 Å². The minimum Gasteiger partial charge on any atom is -0.457 e. The van der Waals surface area contributed by atoms with Crippen LogP contribution in [0, 0.1) is 12.8 Å². The van der Waals surface area contributed by atoms with Gasteiger partial charge in [-0.3, -0.25) is 9.78 Å². The molecule has 3 aromatic rings. The summed E-state index contributed by atoms with van der Waals surface area (Å²) in [6.07, 6.45) is 3.73. The first-order chi connectivity index (χ1) is 14.0. The maximum atomic E-state index is 12.7. The molecule has 0 unspecified atom stereocenters. The molecule has 0 bridgehead atoms. The van der Waals surface area contributed by atoms with Gasteiger partial charge in [0.05, 0.1) is 5.92 Å². The Hall–Kier alpha value is -2.71. The number of pyridine rings is 1. The van der Waals surface area contributed by atoms with E-state index in [0.29, 0.717) is 18.6 Å². The highest BCUT2D eigenvalue weighted by Crippen LogP contribution is 2.27. The Morgan fingerprint density at radius 1 is 1.21 bits per heavy atom. The zero-order valence-corrected chi connectivity index (χ0v) is 16.9. The molecule has 2 aromatic heterocycles. The monoisotopic (exact) mass is 414 g/mol. The van der Waals surface area contributed by atoms with Gasteiger partial charge in [-0.15, -0.1) is 0 Å². The van der Waals surface area contributed by atoms with Crippen LogP contribution in [0.5, 0.6) is 0 Å². The van der Waals surface area contributed by atoms with E-state index in [2.05, 4.69) is 4.98 Å². The quantitative estimate of drug-likeness (QED) is 0.595. The minimum atomic E-state index is -3.58. The molecular weight excluding hydrogens is 392 g/mol. The fraction of sp³-hybridized carbons (Fsp3) is 0.333. The molecule has 4 rings (SSSR count). The number of ether oxygens (including phenoxy) is 1. The van der Waals surface area contributed by atoms with E-state index >= 15 is 0 Å². The van der Waals surface area contributed by atoms with Crippen LogP contribution in [0.3, 0.4) is 0 Å². The van der Waals surface area contributed by atoms with Crippen molar-refractivity contribution in [1.82, 2.24) is 9.29 Å². The minimum absolute atomic E-state index is 0.0769. The first kappa shape index (κ1) is 19.6. The van der Waals surface area contributed by atoms with Crippen molar-refractivity contribution in [1.29, 1.82) is 0 Å². The molecule has 29 heavy (non-hydrogen) atoms. The summed E-state index contributed by atoms with van der Waals surface area (Å²) in [7, 11) is -3.58. The van der Waals surface area contributed by atoms with Crippen LogP contribution < -0.4 is 0 Å². The predicted molar refractivity (Wildman–Crippen MR) is 106 cm³/mol. The van der Waals surface area contributed by atoms with Gasteiger partial charge in [0, 0.05) is 36.4 Å². The largest absolute Gasteiger partial charge is 0.457 e. The Labute approximate surface area is 169 Å². The van der Waals surface area contributed by atoms with Crippen LogP contribution in [0.25, 0.3) is 11.0 Å². The van der Waals surface area contributed by atoms with E-state index in [9.17, 15) is 13.2 Å². The number of hydrogen-bond donors (Lipinski definition) is 0. The number of aromatic nitrogens is 1. The van der Waals surface area contributed by atoms with E-state index in [4.69, 9.17) is 9.15 Å². The number of fused-ring (bicyclic) bond motifs is 1. The molecule has 8 heteroatoms. The van der Waals surface area contributed by atoms with E-state index in [-0.39, 0.29) is 36.5 Å². The number of aryl methyl sites for hydroxylation is 1. The summed E-state index contributed by atoms with van der Waals surface area (Å²) in [6, 6.07) is 10.8. The van der Waals surface area contributed by atoms with Crippen molar-refractivity contribution in [3.63, 3.8) is 0 Å². The van der Waals surface area contributed by atoms with E-state index < -0.39 is 10.0 Å². The number of sulfonamides is 1. The van der Waals surface area contributed by atoms with Crippen LogP contribution in [0.1, 0.15) is 24.2 Å². The normalized spacial score (nSPS) is 16.2. The van der Waals surface area contributed by atoms with Crippen LogP contribution in [0.15, 0.2) is 58.1 Å². The standard InChI is InChI=1S/C21H22N2O5S/c1-15-18-6-2-3-7-19(18)28-20(15)14-27-21(24)16-8-11-23(12-9-16)29(25,26)17-5-4-10-22-13-17/h2-7,10,13,16H,8-9,11-12,14H2,1H3. The summed E-state index contributed by atoms with van der Waals surface area (Å²) in [5.41, 5.74) is 1.73. The maximum absolute atomic E-state index is 12.7. The molecule has 3 heterocycles. The Morgan fingerprint density at radius 3 is 2.66 bits per heavy atom. The lowest BCUT2D eigenvalue weighted by atomic mass is 9.98. The van der Waals surface area contributed by atoms with Gasteiger partial charge in [0.2, 0.25) is 10.0 Å². The van der Waals surface area contributed by atoms with E-state index in [1.807, 2.05) is 31.2 Å². The van der Waals surface area contributed by atoms with Crippen LogP contribution in [0.4, 0.5) is 0 Å². The van der Waals surface area contributed by atoms with Crippen molar-refractivity contribution >= 4 is 27.0 Å². The highest BCUT2D eigenvalue weighted by atomic mass is 32.2. The molecular formula is C21H22N2O5S. The molecule has 1 aromatic carbocycles. The number of rotatable bonds is 5. The third kappa shape index (κ3) is 3.90. The zero-order valence-electron chi connectivity index (χ0n) is 16.1. The highest BCUT2D eigenvalue weighted by molar-refractivity contribution is 7.89. The molecule has 7 nitrogen and oxygen atoms in total. The second kappa shape index (κ2) is 7.96. The Balaban J connectivity index is 1.35. The summed E-state index contributed by atoms with van der Waals surface area (Å²) in [6.45, 7) is 2.58. The average molecular weight is 414 g/mol. The summed E-state index contributed by atoms with van der Waals surface area (Å²) in [5, 5.41) is 1.01. The molecule has 0 N–H and O–H groups in total. The zero-order chi connectivity index (χ0) is 20.4. The second-order valence-corrected chi connectivity index (χ2v) is 9.06. The number of furan rings is 1. The van der Waals surface area contributed by atoms with Gasteiger partial charge in [-0.2, -0.15) is 4.31 Å². The third-order valence-corrected chi connectivity index (χ3v) is 7.23. The Kier molecular flexibility index (Phi) is 5.38. The van der Waals surface area contributed by atoms with Gasteiger partial charge in [0.15, 0.2) is 0 Å². The summed E-state index contributed by atoms with van der Waals surface area (Å²) in [5.74, 6) is -0.000504. The lowest BCUT2D eigenvalue weighted by Crippen LogP contribution is -2.40. The molecule has 1 saturated heterocycles. The van der Waals surface area contributed by atoms with Gasteiger partial charge >= 0.3 is 5.97 Å². The molecule has 1 fully saturated rings. The van der Waals surface area contributed by atoms with Crippen molar-refractivity contribution < 1.29 is 22.4 Å². The van der Waals surface area contributed by atoms with E-state index in [0.717, 1.165) is 16.5 Å². The molecule has 1 aliphatic heterocycles. The van der Waals surface area contributed by atoms with Crippen LogP contribution in [0.2, 0.25) is 0 Å². The number of hydrogen-bond acceptors (Lipinski definition) is 6. The number of piperidine rings is 1. The Morgan fingerprint density at radius 2 is 1.97 bits per heavy atom. The molecule has 0 aliphatic carbocycles. The smallest absolute Gasteiger partial charge is 0.309 e. The summed E-state index contributed by atoms with van der Waals surface area (Å²) >= 11 is 0. The van der Waals surface area contributed by atoms with E-state index in [1.165, 1.54) is 22.8 Å². The number of carbonyl (C=O) groups excluding carboxylic acids is 1. The molecule has 0 amide bonds. The topological polar surface area (TPSA) is 89.7 Å². The predicted octanol–water partition coefficient (Wildman–Crippen LogP) is 3.28. The molecule has 1 aliphatic rings. The van der Waals surface area contributed by atoms with Crippen LogP contribution >= 0.6 is 0 Å². The van der Waals surface area contributed by atoms with Gasteiger partial charge in [0.1, 0.15) is 22.8 Å². The van der Waals surface area contributed by atoms with Crippen molar-refractivity contribution in [2.45, 2.75) is 31.3 Å². The lowest BCUT2D eigenvalue weighted by molar-refractivity contribution is -0.151. The average Bonchev–Trinajstić information content (AvgIpc) is 3.08. The van der Waals surface area contributed by atoms with Crippen LogP contribution in [-0.2, 0) is 26.2 Å². The first-order valence-corrected chi connectivity index (χ1v) is 10.9. The number of para-hydroxylation sites is 1. The first-order valence-electron chi connectivity index (χ1n) is 9.50. The SMILES string of the molecule is Cc1c(COC(=O)C2CCN(S(=O)(=O)c3cccnc3)CC2)oc2ccccc12. The van der Waals surface area contributed by atoms with Crippen LogP contribution in [-0.4, -0.2) is 36.8 Å². The highest BCUT2D eigenvalue weighted by Gasteiger charge is 2.33. The van der Waals surface area contributed by atoms with Gasteiger partial charge in [0.25, 0.3) is 0 Å². The molecule has 0 spiro atoms. The van der Waals surface area contributed by atoms with Gasteiger partial charge in [-0.1, -0.05) is 18.2 Å². The van der Waals surface area contributed by atoms with E-state index in [1.54, 1.807) is 6.07 Å². The summed E-state index contributed by atoms with van der Waals surface area (Å²) in [4.78, 5) is 16.5. The van der Waals surface area contributed by atoms with Crippen molar-refractivity contribution in [3.8, 4) is 0 Å². The van der Waals surface area contributed by atoms with Crippen molar-refractivity contribution in [2.75, 3.05) is 13.1 Å². The van der Waals surface area contributed by atoms with Gasteiger partial charge < -0.3 is 9.15 Å². The number of esters is 1. The number of carbonyl (C=O) groups is 1. The second-order valence-electron chi connectivity index (χ2n) is 7.12. The van der Waals surface area contributed by atoms with Crippen molar-refractivity contribution in [3.05, 3.63) is 60.1 Å². The molecule has 0 saturated carbocycles.